The summed E-state index contributed by atoms with van der Waals surface area (Å²) in [5, 5.41) is 0. The Hall–Kier alpha value is -3.55. The predicted octanol–water partition coefficient (Wildman–Crippen LogP) is 6.54. The third-order valence-electron chi connectivity index (χ3n) is 6.83. The van der Waals surface area contributed by atoms with E-state index in [0.29, 0.717) is 47.6 Å². The van der Waals surface area contributed by atoms with Crippen LogP contribution >= 0.6 is 0 Å². The number of hydrogen-bond acceptors (Lipinski definition) is 4. The van der Waals surface area contributed by atoms with Crippen molar-refractivity contribution in [1.82, 2.24) is 0 Å². The molecule has 0 spiro atoms. The summed E-state index contributed by atoms with van der Waals surface area (Å²) >= 11 is 0. The lowest BCUT2D eigenvalue weighted by Crippen LogP contribution is -2.13. The van der Waals surface area contributed by atoms with Crippen LogP contribution in [-0.2, 0) is 28.5 Å². The lowest BCUT2D eigenvalue weighted by Gasteiger charge is -2.20. The first-order valence-electron chi connectivity index (χ1n) is 11.7. The second-order valence-electron chi connectivity index (χ2n) is 9.10. The van der Waals surface area contributed by atoms with E-state index in [1.54, 1.807) is 18.2 Å². The topological polar surface area (TPSA) is 44.8 Å². The molecule has 2 aliphatic rings. The summed E-state index contributed by atoms with van der Waals surface area (Å²) in [4.78, 5) is 11.6. The molecule has 4 nitrogen and oxygen atoms in total. The third kappa shape index (κ3) is 4.76. The summed E-state index contributed by atoms with van der Waals surface area (Å²) in [7, 11) is 1.34. The first kappa shape index (κ1) is 24.2. The number of ether oxygens (including phenoxy) is 3. The lowest BCUT2D eigenvalue weighted by molar-refractivity contribution is -0.141. The number of rotatable bonds is 6. The van der Waals surface area contributed by atoms with Crippen LogP contribution < -0.4 is 9.47 Å². The molecule has 3 aromatic rings. The van der Waals surface area contributed by atoms with Gasteiger partial charge in [-0.05, 0) is 65.8 Å². The third-order valence-corrected chi connectivity index (χ3v) is 6.83. The summed E-state index contributed by atoms with van der Waals surface area (Å²) in [6, 6.07) is 13.6. The van der Waals surface area contributed by atoms with Crippen LogP contribution in [0, 0.1) is 5.82 Å². The van der Waals surface area contributed by atoms with Gasteiger partial charge >= 0.3 is 12.1 Å². The maximum Gasteiger partial charge on any atom is 0.416 e. The van der Waals surface area contributed by atoms with Crippen molar-refractivity contribution in [2.75, 3.05) is 13.7 Å². The van der Waals surface area contributed by atoms with Crippen LogP contribution in [0.5, 0.6) is 11.5 Å². The van der Waals surface area contributed by atoms with Gasteiger partial charge in [0.05, 0.1) is 25.7 Å². The zero-order valence-electron chi connectivity index (χ0n) is 19.5. The fraction of sp³-hybridized carbons (Fsp3) is 0.321. The molecule has 1 aliphatic carbocycles. The molecule has 0 N–H and O–H groups in total. The van der Waals surface area contributed by atoms with E-state index in [2.05, 4.69) is 0 Å². The highest BCUT2D eigenvalue weighted by atomic mass is 19.4. The van der Waals surface area contributed by atoms with E-state index in [1.807, 2.05) is 6.07 Å². The molecular formula is C28H24F4O4. The molecule has 1 aliphatic heterocycles. The fourth-order valence-electron chi connectivity index (χ4n) is 5.13. The molecule has 0 radical (unpaired) electrons. The second kappa shape index (κ2) is 9.48. The van der Waals surface area contributed by atoms with E-state index in [1.165, 1.54) is 31.4 Å². The quantitative estimate of drug-likeness (QED) is 0.285. The number of methoxy groups -OCH3 is 1. The maximum atomic E-state index is 13.9. The molecule has 2 atom stereocenters. The molecule has 8 heteroatoms. The highest BCUT2D eigenvalue weighted by Gasteiger charge is 2.37. The number of alkyl halides is 3. The molecule has 3 aromatic carbocycles. The molecule has 0 saturated heterocycles. The molecule has 36 heavy (non-hydrogen) atoms. The summed E-state index contributed by atoms with van der Waals surface area (Å²) in [5.74, 6) is 0.268. The fourth-order valence-corrected chi connectivity index (χ4v) is 5.13. The van der Waals surface area contributed by atoms with Crippen LogP contribution in [0.25, 0.3) is 0 Å². The minimum Gasteiger partial charge on any atom is -0.492 e. The Morgan fingerprint density at radius 3 is 2.64 bits per heavy atom. The standard InChI is InChI=1S/C28H24F4O4/c1-34-27(33)13-17-15-35-26-14-19(5-6-20(17)26)36-25-10-8-21-22(25)7-9-24(28(30,31)32)23(21)12-16-3-2-4-18(29)11-16/h2-7,9,11,14,17,25H,8,10,12-13,15H2,1H3/t17?,25-/m1/s1. The molecule has 0 aromatic heterocycles. The number of carbonyl (C=O) groups is 1. The van der Waals surface area contributed by atoms with Crippen molar-refractivity contribution in [3.63, 3.8) is 0 Å². The Balaban J connectivity index is 1.41. The van der Waals surface area contributed by atoms with Gasteiger partial charge in [0.2, 0.25) is 0 Å². The van der Waals surface area contributed by atoms with Gasteiger partial charge in [-0.15, -0.1) is 0 Å². The number of halogens is 4. The average molecular weight is 500 g/mol. The highest BCUT2D eigenvalue weighted by Crippen LogP contribution is 2.44. The van der Waals surface area contributed by atoms with E-state index in [-0.39, 0.29) is 30.3 Å². The summed E-state index contributed by atoms with van der Waals surface area (Å²) in [6.45, 7) is 0.365. The van der Waals surface area contributed by atoms with Crippen molar-refractivity contribution < 1.29 is 36.6 Å². The summed E-state index contributed by atoms with van der Waals surface area (Å²) in [5.41, 5.74) is 2.16. The first-order valence-corrected chi connectivity index (χ1v) is 11.7. The van der Waals surface area contributed by atoms with Crippen molar-refractivity contribution in [2.24, 2.45) is 0 Å². The lowest BCUT2D eigenvalue weighted by atomic mass is 9.92. The smallest absolute Gasteiger partial charge is 0.416 e. The molecule has 188 valence electrons. The summed E-state index contributed by atoms with van der Waals surface area (Å²) < 4.78 is 72.0. The SMILES string of the molecule is COC(=O)CC1COc2cc(O[C@@H]3CCc4c3ccc(C(F)(F)F)c4Cc3cccc(F)c3)ccc21. The van der Waals surface area contributed by atoms with Gasteiger partial charge in [-0.1, -0.05) is 24.3 Å². The van der Waals surface area contributed by atoms with Gasteiger partial charge in [0, 0.05) is 17.5 Å². The van der Waals surface area contributed by atoms with Crippen molar-refractivity contribution in [3.8, 4) is 11.5 Å². The Bertz CT molecular complexity index is 1300. The van der Waals surface area contributed by atoms with Crippen LogP contribution in [0.4, 0.5) is 17.6 Å². The van der Waals surface area contributed by atoms with Gasteiger partial charge in [-0.25, -0.2) is 4.39 Å². The highest BCUT2D eigenvalue weighted by molar-refractivity contribution is 5.71. The van der Waals surface area contributed by atoms with Crippen molar-refractivity contribution in [1.29, 1.82) is 0 Å². The van der Waals surface area contributed by atoms with Crippen LogP contribution in [0.15, 0.2) is 54.6 Å². The Labute approximate surface area is 205 Å². The van der Waals surface area contributed by atoms with Crippen LogP contribution in [0.3, 0.4) is 0 Å². The van der Waals surface area contributed by atoms with Gasteiger partial charge in [-0.3, -0.25) is 4.79 Å². The molecule has 1 unspecified atom stereocenters. The van der Waals surface area contributed by atoms with Gasteiger partial charge in [0.1, 0.15) is 23.4 Å². The minimum absolute atomic E-state index is 0.0171. The van der Waals surface area contributed by atoms with Gasteiger partial charge < -0.3 is 14.2 Å². The predicted molar refractivity (Wildman–Crippen MR) is 124 cm³/mol. The van der Waals surface area contributed by atoms with E-state index in [9.17, 15) is 22.4 Å². The molecule has 1 heterocycles. The number of fused-ring (bicyclic) bond motifs is 2. The number of esters is 1. The van der Waals surface area contributed by atoms with Crippen LogP contribution in [-0.4, -0.2) is 19.7 Å². The number of hydrogen-bond donors (Lipinski definition) is 0. The Morgan fingerprint density at radius 1 is 1.08 bits per heavy atom. The largest absolute Gasteiger partial charge is 0.492 e. The van der Waals surface area contributed by atoms with Crippen molar-refractivity contribution >= 4 is 5.97 Å². The van der Waals surface area contributed by atoms with Crippen LogP contribution in [0.2, 0.25) is 0 Å². The molecule has 5 rings (SSSR count). The Kier molecular flexibility index (Phi) is 6.36. The van der Waals surface area contributed by atoms with Crippen molar-refractivity contribution in [3.05, 3.63) is 93.8 Å². The number of carbonyl (C=O) groups excluding carboxylic acids is 1. The zero-order chi connectivity index (χ0) is 25.4. The molecule has 0 amide bonds. The molecule has 0 bridgehead atoms. The monoisotopic (exact) mass is 500 g/mol. The van der Waals surface area contributed by atoms with Crippen LogP contribution in [0.1, 0.15) is 58.2 Å². The van der Waals surface area contributed by atoms with Gasteiger partial charge in [-0.2, -0.15) is 13.2 Å². The van der Waals surface area contributed by atoms with Gasteiger partial charge in [0.15, 0.2) is 0 Å². The maximum absolute atomic E-state index is 13.9. The van der Waals surface area contributed by atoms with Gasteiger partial charge in [0.25, 0.3) is 0 Å². The molecule has 0 saturated carbocycles. The van der Waals surface area contributed by atoms with E-state index < -0.39 is 23.7 Å². The van der Waals surface area contributed by atoms with E-state index in [4.69, 9.17) is 14.2 Å². The van der Waals surface area contributed by atoms with E-state index in [0.717, 1.165) is 11.6 Å². The normalized spacial score (nSPS) is 18.4. The summed E-state index contributed by atoms with van der Waals surface area (Å²) in [6.07, 6.45) is -3.79. The van der Waals surface area contributed by atoms with E-state index >= 15 is 0 Å². The number of benzene rings is 3. The Morgan fingerprint density at radius 2 is 1.89 bits per heavy atom. The molecular weight excluding hydrogens is 476 g/mol. The first-order chi connectivity index (χ1) is 17.2. The second-order valence-corrected chi connectivity index (χ2v) is 9.10. The van der Waals surface area contributed by atoms with Crippen molar-refractivity contribution in [2.45, 2.75) is 43.9 Å². The molecule has 0 fully saturated rings. The zero-order valence-corrected chi connectivity index (χ0v) is 19.5. The minimum atomic E-state index is -4.52. The average Bonchev–Trinajstić information content (AvgIpc) is 3.42.